The maximum atomic E-state index is 13.2. The van der Waals surface area contributed by atoms with Gasteiger partial charge in [-0.1, -0.05) is 42.5 Å². The molecule has 31 heavy (non-hydrogen) atoms. The summed E-state index contributed by atoms with van der Waals surface area (Å²) in [5.41, 5.74) is 1.14. The Morgan fingerprint density at radius 3 is 2.45 bits per heavy atom. The lowest BCUT2D eigenvalue weighted by Crippen LogP contribution is -2.37. The van der Waals surface area contributed by atoms with Crippen molar-refractivity contribution in [1.29, 1.82) is 0 Å². The smallest absolute Gasteiger partial charge is 0.244 e. The fraction of sp³-hybridized carbons (Fsp3) is 0.333. The number of benzene rings is 3. The average Bonchev–Trinajstić information content (AvgIpc) is 3.33. The first kappa shape index (κ1) is 21.6. The van der Waals surface area contributed by atoms with E-state index < -0.39 is 10.0 Å². The van der Waals surface area contributed by atoms with E-state index in [9.17, 15) is 8.42 Å². The molecule has 1 N–H and O–H groups in total. The molecule has 1 fully saturated rings. The van der Waals surface area contributed by atoms with Gasteiger partial charge in [0, 0.05) is 18.7 Å². The molecule has 0 unspecified atom stereocenters. The molecule has 7 heteroatoms. The molecule has 1 heterocycles. The first-order valence-corrected chi connectivity index (χ1v) is 12.0. The van der Waals surface area contributed by atoms with Crippen molar-refractivity contribution < 1.29 is 17.9 Å². The third-order valence-corrected chi connectivity index (χ3v) is 7.34. The highest BCUT2D eigenvalue weighted by molar-refractivity contribution is 7.89. The number of nitrogens with zero attached hydrogens (tertiary/aromatic N) is 1. The van der Waals surface area contributed by atoms with Crippen LogP contribution in [0.1, 0.15) is 24.4 Å². The van der Waals surface area contributed by atoms with Gasteiger partial charge in [-0.2, -0.15) is 0 Å². The Kier molecular flexibility index (Phi) is 6.46. The molecular formula is C24H28N2O4S. The van der Waals surface area contributed by atoms with Gasteiger partial charge in [0.1, 0.15) is 16.4 Å². The number of sulfonamides is 1. The number of nitrogens with one attached hydrogen (secondary N) is 1. The molecule has 1 aliphatic rings. The van der Waals surface area contributed by atoms with Crippen LogP contribution in [0.5, 0.6) is 11.5 Å². The van der Waals surface area contributed by atoms with Gasteiger partial charge in [0.15, 0.2) is 0 Å². The molecule has 1 aliphatic heterocycles. The highest BCUT2D eigenvalue weighted by atomic mass is 32.2. The van der Waals surface area contributed by atoms with Crippen molar-refractivity contribution in [1.82, 2.24) is 9.62 Å². The van der Waals surface area contributed by atoms with Crippen LogP contribution in [0, 0.1) is 0 Å². The van der Waals surface area contributed by atoms with Crippen molar-refractivity contribution in [3.05, 3.63) is 66.2 Å². The van der Waals surface area contributed by atoms with Gasteiger partial charge in [-0.3, -0.25) is 4.90 Å². The molecular weight excluding hydrogens is 412 g/mol. The predicted molar refractivity (Wildman–Crippen MR) is 122 cm³/mol. The fourth-order valence-corrected chi connectivity index (χ4v) is 5.51. The zero-order valence-electron chi connectivity index (χ0n) is 17.9. The summed E-state index contributed by atoms with van der Waals surface area (Å²) in [7, 11) is -0.831. The minimum Gasteiger partial charge on any atom is -0.497 e. The van der Waals surface area contributed by atoms with Gasteiger partial charge >= 0.3 is 0 Å². The van der Waals surface area contributed by atoms with E-state index in [4.69, 9.17) is 9.47 Å². The molecule has 0 bridgehead atoms. The quantitative estimate of drug-likeness (QED) is 0.574. The fourth-order valence-electron chi connectivity index (χ4n) is 4.29. The predicted octanol–water partition coefficient (Wildman–Crippen LogP) is 3.97. The van der Waals surface area contributed by atoms with E-state index in [2.05, 4.69) is 33.9 Å². The third-order valence-electron chi connectivity index (χ3n) is 5.89. The van der Waals surface area contributed by atoms with Crippen LogP contribution < -0.4 is 14.2 Å². The van der Waals surface area contributed by atoms with Crippen LogP contribution in [0.15, 0.2) is 65.6 Å². The summed E-state index contributed by atoms with van der Waals surface area (Å²) < 4.78 is 39.8. The van der Waals surface area contributed by atoms with Gasteiger partial charge in [-0.05, 0) is 54.4 Å². The molecule has 3 aromatic rings. The molecule has 4 rings (SSSR count). The number of ether oxygens (including phenoxy) is 2. The van der Waals surface area contributed by atoms with E-state index in [1.165, 1.54) is 20.3 Å². The molecule has 0 radical (unpaired) electrons. The lowest BCUT2D eigenvalue weighted by Gasteiger charge is -2.29. The lowest BCUT2D eigenvalue weighted by atomic mass is 9.98. The zero-order valence-corrected chi connectivity index (χ0v) is 18.7. The first-order chi connectivity index (χ1) is 15.0. The van der Waals surface area contributed by atoms with Crippen LogP contribution in [-0.4, -0.2) is 47.2 Å². The summed E-state index contributed by atoms with van der Waals surface area (Å²) in [5, 5.41) is 2.31. The lowest BCUT2D eigenvalue weighted by molar-refractivity contribution is 0.248. The minimum atomic E-state index is -3.80. The minimum absolute atomic E-state index is 0.0556. The Balaban J connectivity index is 1.67. The second-order valence-corrected chi connectivity index (χ2v) is 9.43. The molecule has 1 atom stereocenters. The van der Waals surface area contributed by atoms with Crippen molar-refractivity contribution >= 4 is 20.8 Å². The summed E-state index contributed by atoms with van der Waals surface area (Å²) >= 11 is 0. The van der Waals surface area contributed by atoms with E-state index in [1.807, 2.05) is 18.2 Å². The largest absolute Gasteiger partial charge is 0.497 e. The summed E-state index contributed by atoms with van der Waals surface area (Å²) in [5.74, 6) is 0.752. The number of methoxy groups -OCH3 is 2. The number of hydrogen-bond acceptors (Lipinski definition) is 5. The van der Waals surface area contributed by atoms with Crippen molar-refractivity contribution in [2.75, 3.05) is 33.9 Å². The van der Waals surface area contributed by atoms with Gasteiger partial charge in [-0.25, -0.2) is 13.1 Å². The van der Waals surface area contributed by atoms with E-state index in [0.29, 0.717) is 5.75 Å². The molecule has 0 saturated carbocycles. The molecule has 164 valence electrons. The van der Waals surface area contributed by atoms with E-state index >= 15 is 0 Å². The van der Waals surface area contributed by atoms with Gasteiger partial charge in [0.05, 0.1) is 14.2 Å². The van der Waals surface area contributed by atoms with Crippen molar-refractivity contribution in [2.45, 2.75) is 23.8 Å². The highest BCUT2D eigenvalue weighted by Crippen LogP contribution is 2.32. The molecule has 0 aromatic heterocycles. The Hall–Kier alpha value is -2.61. The number of rotatable bonds is 8. The summed E-state index contributed by atoms with van der Waals surface area (Å²) in [6, 6.07) is 19.2. The molecule has 0 spiro atoms. The zero-order chi connectivity index (χ0) is 21.8. The molecule has 6 nitrogen and oxygen atoms in total. The number of likely N-dealkylation sites (tertiary alicyclic amines) is 1. The van der Waals surface area contributed by atoms with E-state index in [0.717, 1.165) is 42.3 Å². The molecule has 0 amide bonds. The maximum absolute atomic E-state index is 13.2. The Morgan fingerprint density at radius 2 is 1.71 bits per heavy atom. The van der Waals surface area contributed by atoms with Crippen LogP contribution in [0.2, 0.25) is 0 Å². The van der Waals surface area contributed by atoms with Gasteiger partial charge < -0.3 is 9.47 Å². The summed E-state index contributed by atoms with van der Waals surface area (Å²) in [6.45, 7) is 2.19. The van der Waals surface area contributed by atoms with Crippen LogP contribution in [0.3, 0.4) is 0 Å². The van der Waals surface area contributed by atoms with Crippen LogP contribution >= 0.6 is 0 Å². The van der Waals surface area contributed by atoms with Gasteiger partial charge in [-0.15, -0.1) is 0 Å². The maximum Gasteiger partial charge on any atom is 0.244 e. The topological polar surface area (TPSA) is 67.9 Å². The highest BCUT2D eigenvalue weighted by Gasteiger charge is 2.28. The molecule has 3 aromatic carbocycles. The molecule has 1 saturated heterocycles. The second kappa shape index (κ2) is 9.26. The van der Waals surface area contributed by atoms with Crippen LogP contribution in [0.25, 0.3) is 10.8 Å². The van der Waals surface area contributed by atoms with Crippen LogP contribution in [-0.2, 0) is 10.0 Å². The first-order valence-electron chi connectivity index (χ1n) is 10.5. The second-order valence-electron chi connectivity index (χ2n) is 7.70. The van der Waals surface area contributed by atoms with Crippen LogP contribution in [0.4, 0.5) is 0 Å². The normalized spacial score (nSPS) is 15.8. The van der Waals surface area contributed by atoms with Crippen molar-refractivity contribution in [3.8, 4) is 11.5 Å². The van der Waals surface area contributed by atoms with E-state index in [1.54, 1.807) is 12.1 Å². The Bertz CT molecular complexity index is 1150. The monoisotopic (exact) mass is 440 g/mol. The Morgan fingerprint density at radius 1 is 0.968 bits per heavy atom. The van der Waals surface area contributed by atoms with Gasteiger partial charge in [0.25, 0.3) is 0 Å². The molecule has 0 aliphatic carbocycles. The number of hydrogen-bond donors (Lipinski definition) is 1. The Labute approximate surface area is 183 Å². The van der Waals surface area contributed by atoms with Gasteiger partial charge in [0.2, 0.25) is 10.0 Å². The third kappa shape index (κ3) is 4.54. The average molecular weight is 441 g/mol. The summed E-state index contributed by atoms with van der Waals surface area (Å²) in [6.07, 6.45) is 2.25. The SMILES string of the molecule is COc1ccc(OC)c(S(=O)(=O)NC[C@H](c2cccc3ccccc23)N2CCCC2)c1. The number of fused-ring (bicyclic) bond motifs is 1. The standard InChI is InChI=1S/C24H28N2O4S/c1-29-19-12-13-23(30-2)24(16-19)31(27,28)25-17-22(26-14-5-6-15-26)21-11-7-9-18-8-3-4-10-20(18)21/h3-4,7-13,16,22,25H,5-6,14-15,17H2,1-2H3/t22-/m1/s1. The van der Waals surface area contributed by atoms with Crippen molar-refractivity contribution in [3.63, 3.8) is 0 Å². The summed E-state index contributed by atoms with van der Waals surface area (Å²) in [4.78, 5) is 2.44. The van der Waals surface area contributed by atoms with Crippen molar-refractivity contribution in [2.24, 2.45) is 0 Å². The van der Waals surface area contributed by atoms with E-state index in [-0.39, 0.29) is 23.2 Å².